The van der Waals surface area contributed by atoms with Crippen molar-refractivity contribution in [3.63, 3.8) is 0 Å². The zero-order chi connectivity index (χ0) is 26.6. The highest BCUT2D eigenvalue weighted by atomic mass is 16.5. The summed E-state index contributed by atoms with van der Waals surface area (Å²) in [7, 11) is 0. The molecule has 2 aliphatic heterocycles. The predicted octanol–water partition coefficient (Wildman–Crippen LogP) is 5.06. The van der Waals surface area contributed by atoms with Crippen LogP contribution in [0.4, 0.5) is 23.1 Å². The Morgan fingerprint density at radius 1 is 0.923 bits per heavy atom. The summed E-state index contributed by atoms with van der Waals surface area (Å²) in [5, 5.41) is 7.24. The number of morpholine rings is 1. The maximum absolute atomic E-state index is 5.49. The van der Waals surface area contributed by atoms with Crippen LogP contribution in [0, 0.1) is 0 Å². The Morgan fingerprint density at radius 2 is 1.67 bits per heavy atom. The third-order valence-electron chi connectivity index (χ3n) is 7.67. The maximum atomic E-state index is 5.49. The number of likely N-dealkylation sites (tertiary alicyclic amines) is 1. The molecule has 2 saturated heterocycles. The third kappa shape index (κ3) is 5.84. The van der Waals surface area contributed by atoms with Crippen LogP contribution in [0.15, 0.2) is 60.9 Å². The van der Waals surface area contributed by atoms with Gasteiger partial charge >= 0.3 is 0 Å². The zero-order valence-electron chi connectivity index (χ0n) is 22.9. The average molecular weight is 527 g/mol. The number of imidazole rings is 1. The Morgan fingerprint density at radius 3 is 2.38 bits per heavy atom. The molecule has 2 aromatic carbocycles. The molecule has 4 aromatic rings. The number of anilines is 4. The molecule has 0 atom stereocenters. The molecule has 6 rings (SSSR count). The monoisotopic (exact) mass is 526 g/mol. The Kier molecular flexibility index (Phi) is 7.60. The largest absolute Gasteiger partial charge is 0.378 e. The molecule has 2 fully saturated rings. The van der Waals surface area contributed by atoms with E-state index in [0.717, 1.165) is 87.4 Å². The predicted molar refractivity (Wildman–Crippen MR) is 157 cm³/mol. The number of benzene rings is 2. The topological polar surface area (TPSA) is 83.4 Å². The standard InChI is InChI=1S/C30H38N8O/c1-22(2)38-29-27(35-30(38)34-24-8-10-26(11-9-24)37-16-18-39-19-17-37)28(31-21-32-29)33-25-12-14-36(15-13-25)20-23-6-4-3-5-7-23/h3-11,21-22,25H,12-20H2,1-2H3,(H,34,35)(H,31,32,33). The molecule has 0 spiro atoms. The average Bonchev–Trinajstić information content (AvgIpc) is 3.35. The Labute approximate surface area is 230 Å². The highest BCUT2D eigenvalue weighted by Crippen LogP contribution is 2.30. The van der Waals surface area contributed by atoms with E-state index in [2.05, 4.69) is 103 Å². The molecule has 9 nitrogen and oxygen atoms in total. The molecule has 2 aliphatic rings. The van der Waals surface area contributed by atoms with E-state index in [1.807, 2.05) is 0 Å². The van der Waals surface area contributed by atoms with Crippen molar-refractivity contribution in [1.82, 2.24) is 24.4 Å². The van der Waals surface area contributed by atoms with Crippen LogP contribution in [-0.4, -0.2) is 69.9 Å². The molecule has 0 bridgehead atoms. The SMILES string of the molecule is CC(C)n1c(Nc2ccc(N3CCOCC3)cc2)nc2c(NC3CCN(Cc4ccccc4)CC3)ncnc21. The van der Waals surface area contributed by atoms with Crippen molar-refractivity contribution in [2.75, 3.05) is 54.9 Å². The second-order valence-corrected chi connectivity index (χ2v) is 10.7. The van der Waals surface area contributed by atoms with Gasteiger partial charge in [0.05, 0.1) is 13.2 Å². The second kappa shape index (κ2) is 11.6. The summed E-state index contributed by atoms with van der Waals surface area (Å²) < 4.78 is 7.64. The van der Waals surface area contributed by atoms with Gasteiger partial charge in [-0.1, -0.05) is 30.3 Å². The van der Waals surface area contributed by atoms with E-state index >= 15 is 0 Å². The summed E-state index contributed by atoms with van der Waals surface area (Å²) in [4.78, 5) is 19.1. The number of ether oxygens (including phenoxy) is 1. The van der Waals surface area contributed by atoms with Crippen LogP contribution in [0.25, 0.3) is 11.2 Å². The Balaban J connectivity index is 1.16. The van der Waals surface area contributed by atoms with Crippen molar-refractivity contribution in [3.05, 3.63) is 66.5 Å². The maximum Gasteiger partial charge on any atom is 0.210 e. The van der Waals surface area contributed by atoms with E-state index < -0.39 is 0 Å². The number of rotatable bonds is 8. The van der Waals surface area contributed by atoms with Crippen LogP contribution < -0.4 is 15.5 Å². The van der Waals surface area contributed by atoms with Crippen LogP contribution in [0.1, 0.15) is 38.3 Å². The Hall–Kier alpha value is -3.69. The van der Waals surface area contributed by atoms with Gasteiger partial charge in [0.25, 0.3) is 0 Å². The number of hydrogen-bond donors (Lipinski definition) is 2. The van der Waals surface area contributed by atoms with Crippen molar-refractivity contribution in [3.8, 4) is 0 Å². The summed E-state index contributed by atoms with van der Waals surface area (Å²) in [6, 6.07) is 19.8. The minimum Gasteiger partial charge on any atom is -0.378 e. The Bertz CT molecular complexity index is 1360. The van der Waals surface area contributed by atoms with Gasteiger partial charge in [-0.3, -0.25) is 9.47 Å². The van der Waals surface area contributed by atoms with Gasteiger partial charge in [-0.2, -0.15) is 0 Å². The molecule has 0 aliphatic carbocycles. The van der Waals surface area contributed by atoms with E-state index in [-0.39, 0.29) is 6.04 Å². The van der Waals surface area contributed by atoms with Gasteiger partial charge in [0.15, 0.2) is 17.0 Å². The fourth-order valence-corrected chi connectivity index (χ4v) is 5.57. The highest BCUT2D eigenvalue weighted by Gasteiger charge is 2.23. The lowest BCUT2D eigenvalue weighted by atomic mass is 10.0. The highest BCUT2D eigenvalue weighted by molar-refractivity contribution is 5.86. The smallest absolute Gasteiger partial charge is 0.210 e. The van der Waals surface area contributed by atoms with Gasteiger partial charge in [0.2, 0.25) is 5.95 Å². The van der Waals surface area contributed by atoms with E-state index in [1.165, 1.54) is 11.3 Å². The third-order valence-corrected chi connectivity index (χ3v) is 7.67. The van der Waals surface area contributed by atoms with Crippen molar-refractivity contribution < 1.29 is 4.74 Å². The van der Waals surface area contributed by atoms with Gasteiger partial charge < -0.3 is 20.3 Å². The van der Waals surface area contributed by atoms with Gasteiger partial charge in [-0.05, 0) is 56.5 Å². The van der Waals surface area contributed by atoms with Crippen molar-refractivity contribution in [2.45, 2.75) is 45.3 Å². The van der Waals surface area contributed by atoms with Crippen molar-refractivity contribution in [1.29, 1.82) is 0 Å². The summed E-state index contributed by atoms with van der Waals surface area (Å²) in [5.41, 5.74) is 5.24. The summed E-state index contributed by atoms with van der Waals surface area (Å²) >= 11 is 0. The van der Waals surface area contributed by atoms with E-state index in [9.17, 15) is 0 Å². The van der Waals surface area contributed by atoms with Crippen molar-refractivity contribution in [2.24, 2.45) is 0 Å². The van der Waals surface area contributed by atoms with Crippen LogP contribution in [-0.2, 0) is 11.3 Å². The summed E-state index contributed by atoms with van der Waals surface area (Å²) in [6.07, 6.45) is 3.80. The molecule has 0 unspecified atom stereocenters. The van der Waals surface area contributed by atoms with Gasteiger partial charge in [-0.25, -0.2) is 15.0 Å². The molecule has 9 heteroatoms. The number of nitrogens with one attached hydrogen (secondary N) is 2. The molecule has 2 aromatic heterocycles. The normalized spacial score (nSPS) is 17.2. The van der Waals surface area contributed by atoms with E-state index in [4.69, 9.17) is 9.72 Å². The molecular formula is C30H38N8O. The lowest BCUT2D eigenvalue weighted by molar-refractivity contribution is 0.122. The molecule has 0 radical (unpaired) electrons. The van der Waals surface area contributed by atoms with Gasteiger partial charge in [0.1, 0.15) is 6.33 Å². The second-order valence-electron chi connectivity index (χ2n) is 10.7. The molecule has 39 heavy (non-hydrogen) atoms. The first kappa shape index (κ1) is 25.6. The first-order valence-electron chi connectivity index (χ1n) is 14.1. The fourth-order valence-electron chi connectivity index (χ4n) is 5.57. The summed E-state index contributed by atoms with van der Waals surface area (Å²) in [6.45, 7) is 10.9. The number of hydrogen-bond acceptors (Lipinski definition) is 8. The lowest BCUT2D eigenvalue weighted by Crippen LogP contribution is -2.38. The van der Waals surface area contributed by atoms with Crippen LogP contribution in [0.3, 0.4) is 0 Å². The van der Waals surface area contributed by atoms with Gasteiger partial charge in [-0.15, -0.1) is 0 Å². The quantitative estimate of drug-likeness (QED) is 0.330. The van der Waals surface area contributed by atoms with Crippen LogP contribution >= 0.6 is 0 Å². The van der Waals surface area contributed by atoms with E-state index in [0.29, 0.717) is 6.04 Å². The minimum atomic E-state index is 0.189. The van der Waals surface area contributed by atoms with Crippen LogP contribution in [0.5, 0.6) is 0 Å². The molecule has 204 valence electrons. The zero-order valence-corrected chi connectivity index (χ0v) is 22.9. The van der Waals surface area contributed by atoms with E-state index in [1.54, 1.807) is 6.33 Å². The number of nitrogens with zero attached hydrogens (tertiary/aromatic N) is 6. The minimum absolute atomic E-state index is 0.189. The number of aromatic nitrogens is 4. The molecule has 2 N–H and O–H groups in total. The fraction of sp³-hybridized carbons (Fsp3) is 0.433. The lowest BCUT2D eigenvalue weighted by Gasteiger charge is -2.32. The number of fused-ring (bicyclic) bond motifs is 1. The molecule has 0 saturated carbocycles. The van der Waals surface area contributed by atoms with Gasteiger partial charge in [0, 0.05) is 56.2 Å². The summed E-state index contributed by atoms with van der Waals surface area (Å²) in [5.74, 6) is 1.59. The molecule has 4 heterocycles. The first-order valence-corrected chi connectivity index (χ1v) is 14.1. The molecular weight excluding hydrogens is 488 g/mol. The molecule has 0 amide bonds. The first-order chi connectivity index (χ1) is 19.1. The van der Waals surface area contributed by atoms with Crippen LogP contribution in [0.2, 0.25) is 0 Å². The van der Waals surface area contributed by atoms with Crippen molar-refractivity contribution >= 4 is 34.3 Å². The number of piperidine rings is 1.